The first-order chi connectivity index (χ1) is 13.0. The number of carbonyl (C=O) groups excluding carboxylic acids is 1. The Morgan fingerprint density at radius 2 is 1.75 bits per heavy atom. The molecule has 5 nitrogen and oxygen atoms in total. The summed E-state index contributed by atoms with van der Waals surface area (Å²) in [5.41, 5.74) is 6.86. The van der Waals surface area contributed by atoms with Crippen molar-refractivity contribution in [2.75, 3.05) is 5.73 Å². The molecule has 1 aliphatic rings. The summed E-state index contributed by atoms with van der Waals surface area (Å²) in [6, 6.07) is 12.3. The molecule has 3 rings (SSSR count). The topological polar surface area (TPSA) is 76.4 Å². The number of piperidine rings is 1. The fourth-order valence-electron chi connectivity index (χ4n) is 4.11. The van der Waals surface area contributed by atoms with Gasteiger partial charge in [0.2, 0.25) is 0 Å². The number of halogens is 1. The van der Waals surface area contributed by atoms with Crippen molar-refractivity contribution >= 4 is 23.2 Å². The average molecular weight is 402 g/mol. The molecular weight excluding hydrogens is 374 g/mol. The van der Waals surface area contributed by atoms with Crippen molar-refractivity contribution in [2.45, 2.75) is 57.7 Å². The molecule has 0 aliphatic carbocycles. The third-order valence-electron chi connectivity index (χ3n) is 4.86. The van der Waals surface area contributed by atoms with Crippen LogP contribution in [0.1, 0.15) is 50.9 Å². The quantitative estimate of drug-likeness (QED) is 0.646. The van der Waals surface area contributed by atoms with E-state index in [9.17, 15) is 4.79 Å². The molecule has 0 atom stereocenters. The molecule has 6 heteroatoms. The number of hydrogen-bond donors (Lipinski definition) is 3. The van der Waals surface area contributed by atoms with Crippen LogP contribution in [0.5, 0.6) is 11.5 Å². The molecule has 2 aromatic rings. The molecule has 0 bridgehead atoms. The van der Waals surface area contributed by atoms with Gasteiger partial charge in [-0.2, -0.15) is 0 Å². The molecule has 0 spiro atoms. The van der Waals surface area contributed by atoms with Crippen LogP contribution in [0, 0.1) is 0 Å². The van der Waals surface area contributed by atoms with Crippen molar-refractivity contribution in [2.24, 2.45) is 0 Å². The van der Waals surface area contributed by atoms with E-state index in [1.807, 2.05) is 12.1 Å². The zero-order valence-electron chi connectivity index (χ0n) is 16.8. The Morgan fingerprint density at radius 3 is 2.36 bits per heavy atom. The van der Waals surface area contributed by atoms with Crippen molar-refractivity contribution in [3.05, 3.63) is 53.1 Å². The molecule has 1 saturated heterocycles. The highest BCUT2D eigenvalue weighted by molar-refractivity contribution is 6.32. The molecule has 1 aliphatic heterocycles. The highest BCUT2D eigenvalue weighted by atomic mass is 35.5. The van der Waals surface area contributed by atoms with Crippen molar-refractivity contribution in [3.8, 4) is 11.5 Å². The second kappa shape index (κ2) is 7.64. The summed E-state index contributed by atoms with van der Waals surface area (Å²) in [5, 5.41) is 7.14. The van der Waals surface area contributed by atoms with E-state index in [2.05, 4.69) is 38.3 Å². The number of ether oxygens (including phenoxy) is 1. The minimum absolute atomic E-state index is 0.0370. The van der Waals surface area contributed by atoms with E-state index in [1.165, 1.54) is 0 Å². The Balaban J connectivity index is 1.71. The third-order valence-corrected chi connectivity index (χ3v) is 5.15. The molecule has 0 aromatic heterocycles. The van der Waals surface area contributed by atoms with E-state index in [-0.39, 0.29) is 23.0 Å². The second-order valence-corrected chi connectivity index (χ2v) is 9.16. The van der Waals surface area contributed by atoms with Gasteiger partial charge in [-0.25, -0.2) is 0 Å². The minimum atomic E-state index is -0.133. The predicted octanol–water partition coefficient (Wildman–Crippen LogP) is 4.75. The first-order valence-corrected chi connectivity index (χ1v) is 9.85. The van der Waals surface area contributed by atoms with E-state index in [0.29, 0.717) is 27.8 Å². The number of nitrogens with two attached hydrogens (primary N) is 1. The molecule has 1 fully saturated rings. The Bertz CT molecular complexity index is 864. The number of nitrogens with one attached hydrogen (secondary N) is 2. The summed E-state index contributed by atoms with van der Waals surface area (Å²) in [5.74, 6) is 0.854. The van der Waals surface area contributed by atoms with E-state index < -0.39 is 0 Å². The highest BCUT2D eigenvalue weighted by Crippen LogP contribution is 2.33. The lowest BCUT2D eigenvalue weighted by atomic mass is 9.79. The van der Waals surface area contributed by atoms with E-state index in [4.69, 9.17) is 22.1 Å². The normalized spacial score (nSPS) is 18.5. The van der Waals surface area contributed by atoms with Crippen LogP contribution >= 0.6 is 11.6 Å². The number of rotatable bonds is 4. The molecule has 0 unspecified atom stereocenters. The van der Waals surface area contributed by atoms with Crippen LogP contribution in [-0.4, -0.2) is 23.0 Å². The number of anilines is 1. The first kappa shape index (κ1) is 20.5. The predicted molar refractivity (Wildman–Crippen MR) is 114 cm³/mol. The molecule has 4 N–H and O–H groups in total. The smallest absolute Gasteiger partial charge is 0.251 e. The van der Waals surface area contributed by atoms with Gasteiger partial charge in [0.25, 0.3) is 5.91 Å². The lowest BCUT2D eigenvalue weighted by molar-refractivity contribution is 0.0873. The van der Waals surface area contributed by atoms with E-state index >= 15 is 0 Å². The average Bonchev–Trinajstić information content (AvgIpc) is 2.55. The zero-order valence-corrected chi connectivity index (χ0v) is 17.6. The van der Waals surface area contributed by atoms with Crippen molar-refractivity contribution < 1.29 is 9.53 Å². The van der Waals surface area contributed by atoms with Gasteiger partial charge in [0, 0.05) is 22.7 Å². The summed E-state index contributed by atoms with van der Waals surface area (Å²) in [6.45, 7) is 8.63. The maximum absolute atomic E-state index is 12.8. The fraction of sp³-hybridized carbons (Fsp3) is 0.409. The molecule has 150 valence electrons. The van der Waals surface area contributed by atoms with Gasteiger partial charge >= 0.3 is 0 Å². The molecule has 1 heterocycles. The van der Waals surface area contributed by atoms with Crippen molar-refractivity contribution in [1.29, 1.82) is 0 Å². The fourth-order valence-corrected chi connectivity index (χ4v) is 4.33. The summed E-state index contributed by atoms with van der Waals surface area (Å²) < 4.78 is 5.78. The van der Waals surface area contributed by atoms with Crippen LogP contribution in [0.3, 0.4) is 0 Å². The maximum Gasteiger partial charge on any atom is 0.251 e. The number of para-hydroxylation sites is 2. The Morgan fingerprint density at radius 1 is 1.11 bits per heavy atom. The molecule has 1 amide bonds. The van der Waals surface area contributed by atoms with Gasteiger partial charge in [0.15, 0.2) is 0 Å². The highest BCUT2D eigenvalue weighted by Gasteiger charge is 2.38. The first-order valence-electron chi connectivity index (χ1n) is 9.47. The summed E-state index contributed by atoms with van der Waals surface area (Å²) in [4.78, 5) is 12.8. The van der Waals surface area contributed by atoms with Gasteiger partial charge in [-0.1, -0.05) is 23.7 Å². The largest absolute Gasteiger partial charge is 0.454 e. The van der Waals surface area contributed by atoms with E-state index in [1.54, 1.807) is 30.3 Å². The van der Waals surface area contributed by atoms with Gasteiger partial charge in [0.1, 0.15) is 11.5 Å². The van der Waals surface area contributed by atoms with Gasteiger partial charge in [-0.05, 0) is 70.9 Å². The lowest BCUT2D eigenvalue weighted by Crippen LogP contribution is -2.62. The third kappa shape index (κ3) is 4.97. The maximum atomic E-state index is 12.8. The van der Waals surface area contributed by atoms with Gasteiger partial charge in [-0.15, -0.1) is 0 Å². The number of carbonyl (C=O) groups is 1. The lowest BCUT2D eigenvalue weighted by Gasteiger charge is -2.46. The van der Waals surface area contributed by atoms with Crippen LogP contribution in [0.15, 0.2) is 42.5 Å². The zero-order chi connectivity index (χ0) is 20.5. The molecule has 2 aromatic carbocycles. The van der Waals surface area contributed by atoms with Crippen LogP contribution in [0.2, 0.25) is 5.02 Å². The molecular formula is C22H28ClN3O2. The van der Waals surface area contributed by atoms with Gasteiger partial charge in [-0.3, -0.25) is 4.79 Å². The molecule has 0 saturated carbocycles. The summed E-state index contributed by atoms with van der Waals surface area (Å²) in [7, 11) is 0. The van der Waals surface area contributed by atoms with Crippen LogP contribution in [-0.2, 0) is 0 Å². The summed E-state index contributed by atoms with van der Waals surface area (Å²) >= 11 is 6.35. The molecule has 28 heavy (non-hydrogen) atoms. The van der Waals surface area contributed by atoms with Gasteiger partial charge < -0.3 is 21.1 Å². The Labute approximate surface area is 171 Å². The monoisotopic (exact) mass is 401 g/mol. The number of benzene rings is 2. The Kier molecular flexibility index (Phi) is 5.60. The van der Waals surface area contributed by atoms with Crippen LogP contribution < -0.4 is 21.1 Å². The van der Waals surface area contributed by atoms with Gasteiger partial charge in [0.05, 0.1) is 10.7 Å². The summed E-state index contributed by atoms with van der Waals surface area (Å²) in [6.07, 6.45) is 1.73. The molecule has 0 radical (unpaired) electrons. The minimum Gasteiger partial charge on any atom is -0.454 e. The number of nitrogen functional groups attached to an aromatic ring is 1. The van der Waals surface area contributed by atoms with Crippen LogP contribution in [0.25, 0.3) is 0 Å². The SMILES string of the molecule is CC1(C)CC(NC(=O)c2ccc(Oc3ccccc3N)c(Cl)c2)CC(C)(C)N1. The number of amides is 1. The van der Waals surface area contributed by atoms with Crippen LogP contribution in [0.4, 0.5) is 5.69 Å². The Hall–Kier alpha value is -2.24. The second-order valence-electron chi connectivity index (χ2n) is 8.76. The van der Waals surface area contributed by atoms with Crippen molar-refractivity contribution in [3.63, 3.8) is 0 Å². The number of hydrogen-bond acceptors (Lipinski definition) is 4. The van der Waals surface area contributed by atoms with Crippen molar-refractivity contribution in [1.82, 2.24) is 10.6 Å². The standard InChI is InChI=1S/C22H28ClN3O2/c1-21(2)12-15(13-22(3,4)26-21)25-20(27)14-9-10-18(16(23)11-14)28-19-8-6-5-7-17(19)24/h5-11,15,26H,12-13,24H2,1-4H3,(H,25,27). The van der Waals surface area contributed by atoms with E-state index in [0.717, 1.165) is 12.8 Å².